The molecule has 7 heteroatoms. The van der Waals surface area contributed by atoms with E-state index >= 15 is 0 Å². The zero-order chi connectivity index (χ0) is 12.2. The second-order valence-electron chi connectivity index (χ2n) is 4.36. The minimum atomic E-state index is -0.200. The summed E-state index contributed by atoms with van der Waals surface area (Å²) in [6.45, 7) is 8.51. The molecule has 90 valence electrons. The van der Waals surface area contributed by atoms with Crippen molar-refractivity contribution in [3.63, 3.8) is 0 Å². The van der Waals surface area contributed by atoms with E-state index in [4.69, 9.17) is 0 Å². The second-order valence-corrected chi connectivity index (χ2v) is 5.31. The summed E-state index contributed by atoms with van der Waals surface area (Å²) in [4.78, 5) is 11.5. The van der Waals surface area contributed by atoms with Gasteiger partial charge in [0, 0.05) is 12.1 Å². The fourth-order valence-corrected chi connectivity index (χ4v) is 1.82. The lowest BCUT2D eigenvalue weighted by Gasteiger charge is -2.20. The first-order valence-electron chi connectivity index (χ1n) is 5.12. The fourth-order valence-electron chi connectivity index (χ4n) is 1.08. The minimum absolute atomic E-state index is 0.0110. The monoisotopic (exact) mass is 243 g/mol. The molecule has 1 aromatic rings. The topological polar surface area (TPSA) is 72.7 Å². The van der Waals surface area contributed by atoms with Gasteiger partial charge in [0.05, 0.1) is 5.75 Å². The summed E-state index contributed by atoms with van der Waals surface area (Å²) in [5.41, 5.74) is -0.200. The maximum absolute atomic E-state index is 11.5. The van der Waals surface area contributed by atoms with E-state index in [1.165, 1.54) is 11.8 Å². The van der Waals surface area contributed by atoms with Crippen molar-refractivity contribution in [2.45, 2.75) is 44.9 Å². The number of nitrogens with zero attached hydrogens (tertiary/aromatic N) is 4. The minimum Gasteiger partial charge on any atom is -0.351 e. The van der Waals surface area contributed by atoms with Gasteiger partial charge >= 0.3 is 0 Å². The third kappa shape index (κ3) is 4.18. The average Bonchev–Trinajstić information content (AvgIpc) is 2.59. The summed E-state index contributed by atoms with van der Waals surface area (Å²) in [5.74, 6) is 0.320. The van der Waals surface area contributed by atoms with Crippen molar-refractivity contribution < 1.29 is 4.79 Å². The summed E-state index contributed by atoms with van der Waals surface area (Å²) >= 11 is 1.34. The number of thioether (sulfide) groups is 1. The number of hydrogen-bond acceptors (Lipinski definition) is 5. The van der Waals surface area contributed by atoms with Gasteiger partial charge in [-0.2, -0.15) is 0 Å². The molecule has 0 aromatic carbocycles. The Kier molecular flexibility index (Phi) is 4.28. The Hall–Kier alpha value is -1.11. The van der Waals surface area contributed by atoms with Gasteiger partial charge in [-0.15, -0.1) is 5.10 Å². The summed E-state index contributed by atoms with van der Waals surface area (Å²) < 4.78 is 1.66. The standard InChI is InChI=1S/C9H17N5OS/c1-5-14-8(11-12-13-14)16-6-7(15)10-9(2,3)4/h5-6H2,1-4H3,(H,10,15). The molecule has 16 heavy (non-hydrogen) atoms. The summed E-state index contributed by atoms with van der Waals surface area (Å²) in [6, 6.07) is 0. The number of rotatable bonds is 4. The van der Waals surface area contributed by atoms with Crippen molar-refractivity contribution in [1.29, 1.82) is 0 Å². The molecule has 0 saturated carbocycles. The van der Waals surface area contributed by atoms with Crippen LogP contribution in [0.3, 0.4) is 0 Å². The predicted molar refractivity (Wildman–Crippen MR) is 62.1 cm³/mol. The SMILES string of the molecule is CCn1nnnc1SCC(=O)NC(C)(C)C. The molecule has 1 heterocycles. The lowest BCUT2D eigenvalue weighted by molar-refractivity contribution is -0.119. The van der Waals surface area contributed by atoms with Gasteiger partial charge in [0.1, 0.15) is 0 Å². The number of aryl methyl sites for hydroxylation is 1. The van der Waals surface area contributed by atoms with Crippen LogP contribution in [0.15, 0.2) is 5.16 Å². The highest BCUT2D eigenvalue weighted by Gasteiger charge is 2.15. The van der Waals surface area contributed by atoms with Gasteiger partial charge in [-0.1, -0.05) is 11.8 Å². The number of hydrogen-bond donors (Lipinski definition) is 1. The van der Waals surface area contributed by atoms with E-state index in [1.54, 1.807) is 4.68 Å². The molecule has 0 bridgehead atoms. The van der Waals surface area contributed by atoms with Crippen LogP contribution >= 0.6 is 11.8 Å². The Morgan fingerprint density at radius 1 is 1.50 bits per heavy atom. The summed E-state index contributed by atoms with van der Waals surface area (Å²) in [7, 11) is 0. The van der Waals surface area contributed by atoms with Crippen LogP contribution < -0.4 is 5.32 Å². The highest BCUT2D eigenvalue weighted by molar-refractivity contribution is 7.99. The first-order valence-corrected chi connectivity index (χ1v) is 6.11. The zero-order valence-electron chi connectivity index (χ0n) is 10.0. The van der Waals surface area contributed by atoms with Gasteiger partial charge in [0.15, 0.2) is 0 Å². The summed E-state index contributed by atoms with van der Waals surface area (Å²) in [6.07, 6.45) is 0. The molecule has 0 aliphatic carbocycles. The lowest BCUT2D eigenvalue weighted by Crippen LogP contribution is -2.41. The third-order valence-corrected chi connectivity index (χ3v) is 2.60. The number of carbonyl (C=O) groups excluding carboxylic acids is 1. The Morgan fingerprint density at radius 2 is 2.19 bits per heavy atom. The van der Waals surface area contributed by atoms with E-state index in [0.29, 0.717) is 17.5 Å². The van der Waals surface area contributed by atoms with E-state index in [0.717, 1.165) is 0 Å². The van der Waals surface area contributed by atoms with Crippen LogP contribution in [0.4, 0.5) is 0 Å². The molecule has 6 nitrogen and oxygen atoms in total. The van der Waals surface area contributed by atoms with Crippen LogP contribution in [-0.2, 0) is 11.3 Å². The van der Waals surface area contributed by atoms with Crippen LogP contribution in [0, 0.1) is 0 Å². The van der Waals surface area contributed by atoms with Crippen molar-refractivity contribution in [2.75, 3.05) is 5.75 Å². The zero-order valence-corrected chi connectivity index (χ0v) is 10.8. The fraction of sp³-hybridized carbons (Fsp3) is 0.778. The quantitative estimate of drug-likeness (QED) is 0.788. The molecule has 0 spiro atoms. The highest BCUT2D eigenvalue weighted by atomic mass is 32.2. The lowest BCUT2D eigenvalue weighted by atomic mass is 10.1. The number of carbonyl (C=O) groups is 1. The molecule has 1 amide bonds. The van der Waals surface area contributed by atoms with Crippen molar-refractivity contribution >= 4 is 17.7 Å². The van der Waals surface area contributed by atoms with Gasteiger partial charge in [-0.05, 0) is 38.1 Å². The number of nitrogens with one attached hydrogen (secondary N) is 1. The van der Waals surface area contributed by atoms with Crippen LogP contribution in [0.1, 0.15) is 27.7 Å². The molecule has 0 atom stereocenters. The molecule has 1 rings (SSSR count). The molecule has 0 aliphatic heterocycles. The molecule has 0 aliphatic rings. The van der Waals surface area contributed by atoms with Crippen molar-refractivity contribution in [2.24, 2.45) is 0 Å². The Balaban J connectivity index is 2.43. The van der Waals surface area contributed by atoms with Gasteiger partial charge < -0.3 is 5.32 Å². The van der Waals surface area contributed by atoms with Gasteiger partial charge in [-0.25, -0.2) is 4.68 Å². The van der Waals surface area contributed by atoms with Crippen LogP contribution in [0.25, 0.3) is 0 Å². The molecule has 0 saturated heterocycles. The highest BCUT2D eigenvalue weighted by Crippen LogP contribution is 2.13. The van der Waals surface area contributed by atoms with Gasteiger partial charge in [0.2, 0.25) is 11.1 Å². The first kappa shape index (κ1) is 13.0. The third-order valence-electron chi connectivity index (χ3n) is 1.65. The van der Waals surface area contributed by atoms with Crippen LogP contribution in [-0.4, -0.2) is 37.4 Å². The average molecular weight is 243 g/mol. The van der Waals surface area contributed by atoms with Gasteiger partial charge in [-0.3, -0.25) is 4.79 Å². The number of aromatic nitrogens is 4. The van der Waals surface area contributed by atoms with E-state index in [1.807, 2.05) is 27.7 Å². The van der Waals surface area contributed by atoms with E-state index < -0.39 is 0 Å². The van der Waals surface area contributed by atoms with Crippen molar-refractivity contribution in [1.82, 2.24) is 25.5 Å². The van der Waals surface area contributed by atoms with Gasteiger partial charge in [0.25, 0.3) is 0 Å². The Bertz CT molecular complexity index is 357. The van der Waals surface area contributed by atoms with E-state index in [9.17, 15) is 4.79 Å². The molecular weight excluding hydrogens is 226 g/mol. The van der Waals surface area contributed by atoms with E-state index in [2.05, 4.69) is 20.8 Å². The Morgan fingerprint density at radius 3 is 2.75 bits per heavy atom. The van der Waals surface area contributed by atoms with E-state index in [-0.39, 0.29) is 11.4 Å². The molecular formula is C9H17N5OS. The normalized spacial score (nSPS) is 11.5. The van der Waals surface area contributed by atoms with Crippen molar-refractivity contribution in [3.8, 4) is 0 Å². The van der Waals surface area contributed by atoms with Crippen molar-refractivity contribution in [3.05, 3.63) is 0 Å². The second kappa shape index (κ2) is 5.29. The molecule has 0 radical (unpaired) electrons. The maximum atomic E-state index is 11.5. The molecule has 1 N–H and O–H groups in total. The first-order chi connectivity index (χ1) is 7.42. The summed E-state index contributed by atoms with van der Waals surface area (Å²) in [5, 5.41) is 14.7. The predicted octanol–water partition coefficient (Wildman–Crippen LogP) is 0.700. The molecule has 1 aromatic heterocycles. The van der Waals surface area contributed by atoms with Crippen LogP contribution in [0.5, 0.6) is 0 Å². The molecule has 0 unspecified atom stereocenters. The maximum Gasteiger partial charge on any atom is 0.230 e. The number of amides is 1. The smallest absolute Gasteiger partial charge is 0.230 e. The van der Waals surface area contributed by atoms with Crippen LogP contribution in [0.2, 0.25) is 0 Å². The molecule has 0 fully saturated rings. The Labute approximate surface area is 99.2 Å². The largest absolute Gasteiger partial charge is 0.351 e. The number of tetrazole rings is 1.